The number of halogens is 2. The molecule has 202 valence electrons. The van der Waals surface area contributed by atoms with Crippen molar-refractivity contribution in [3.05, 3.63) is 99.6 Å². The van der Waals surface area contributed by atoms with Gasteiger partial charge in [0, 0.05) is 35.4 Å². The summed E-state index contributed by atoms with van der Waals surface area (Å²) in [6, 6.07) is 18.1. The van der Waals surface area contributed by atoms with Gasteiger partial charge in [-0.3, -0.25) is 4.98 Å². The minimum Gasteiger partial charge on any atom is -0.506 e. The van der Waals surface area contributed by atoms with Crippen LogP contribution in [-0.4, -0.2) is 40.1 Å². The number of ether oxygens (including phenoxy) is 2. The highest BCUT2D eigenvalue weighted by Gasteiger charge is 2.42. The highest BCUT2D eigenvalue weighted by molar-refractivity contribution is 7.80. The van der Waals surface area contributed by atoms with Gasteiger partial charge in [-0.15, -0.1) is 0 Å². The van der Waals surface area contributed by atoms with Gasteiger partial charge in [-0.25, -0.2) is 0 Å². The van der Waals surface area contributed by atoms with Crippen LogP contribution in [-0.2, 0) is 4.74 Å². The van der Waals surface area contributed by atoms with E-state index < -0.39 is 0 Å². The average molecular weight is 584 g/mol. The van der Waals surface area contributed by atoms with E-state index in [1.165, 1.54) is 0 Å². The van der Waals surface area contributed by atoms with Gasteiger partial charge >= 0.3 is 0 Å². The van der Waals surface area contributed by atoms with E-state index >= 15 is 0 Å². The molecule has 3 heterocycles. The molecule has 4 aromatic rings. The molecule has 0 radical (unpaired) electrons. The van der Waals surface area contributed by atoms with Crippen LogP contribution in [0.4, 0.5) is 5.69 Å². The van der Waals surface area contributed by atoms with Gasteiger partial charge in [0.05, 0.1) is 35.1 Å². The molecule has 2 aromatic carbocycles. The lowest BCUT2D eigenvalue weighted by molar-refractivity contribution is 0.146. The Morgan fingerprint density at radius 2 is 1.87 bits per heavy atom. The summed E-state index contributed by atoms with van der Waals surface area (Å²) in [5, 5.41) is 15.7. The highest BCUT2D eigenvalue weighted by atomic mass is 35.5. The molecule has 2 aromatic heterocycles. The van der Waals surface area contributed by atoms with Crippen molar-refractivity contribution < 1.29 is 14.6 Å². The third-order valence-electron chi connectivity index (χ3n) is 6.80. The summed E-state index contributed by atoms with van der Waals surface area (Å²) >= 11 is 18.8. The molecule has 0 spiro atoms. The predicted octanol–water partition coefficient (Wildman–Crippen LogP) is 6.70. The third kappa shape index (κ3) is 5.30. The molecule has 0 bridgehead atoms. The number of benzene rings is 2. The van der Waals surface area contributed by atoms with Crippen LogP contribution in [0, 0.1) is 13.8 Å². The minimum atomic E-state index is -0.259. The van der Waals surface area contributed by atoms with Gasteiger partial charge in [-0.2, -0.15) is 0 Å². The topological polar surface area (TPSA) is 71.8 Å². The van der Waals surface area contributed by atoms with Crippen LogP contribution < -0.4 is 15.0 Å². The normalized spacial score (nSPS) is 16.9. The summed E-state index contributed by atoms with van der Waals surface area (Å²) < 4.78 is 12.8. The molecule has 7 nitrogen and oxygen atoms in total. The van der Waals surface area contributed by atoms with Crippen molar-refractivity contribution in [3.8, 4) is 17.2 Å². The second-order valence-electron chi connectivity index (χ2n) is 9.25. The van der Waals surface area contributed by atoms with E-state index in [2.05, 4.69) is 21.3 Å². The third-order valence-corrected chi connectivity index (χ3v) is 7.65. The number of phenols is 1. The Kier molecular flexibility index (Phi) is 8.00. The quantitative estimate of drug-likeness (QED) is 0.177. The smallest absolute Gasteiger partial charge is 0.174 e. The van der Waals surface area contributed by atoms with Crippen LogP contribution in [0.3, 0.4) is 0 Å². The van der Waals surface area contributed by atoms with E-state index in [9.17, 15) is 5.11 Å². The standard InChI is InChI=1S/C29H28Cl2N4O3S/c1-17-14-21(18(2)34(17)24-15-19(30)7-9-25(24)36)28-27(23-6-4-5-11-32-23)33-29(39)35(28)20-8-10-26(22(31)16-20)38-13-12-37-3/h4-11,14-16,27-28,36H,12-13H2,1-3H3,(H,33,39)/t27-,28+/m0/s1. The van der Waals surface area contributed by atoms with Crippen molar-refractivity contribution in [2.75, 3.05) is 25.2 Å². The van der Waals surface area contributed by atoms with Gasteiger partial charge in [-0.1, -0.05) is 29.3 Å². The number of anilines is 1. The summed E-state index contributed by atoms with van der Waals surface area (Å²) in [5.41, 5.74) is 5.18. The number of nitrogens with one attached hydrogen (secondary N) is 1. The first-order valence-electron chi connectivity index (χ1n) is 12.4. The van der Waals surface area contributed by atoms with Gasteiger partial charge in [0.2, 0.25) is 0 Å². The Labute approximate surface area is 242 Å². The molecule has 2 N–H and O–H groups in total. The fourth-order valence-corrected chi connectivity index (χ4v) is 5.82. The van der Waals surface area contributed by atoms with E-state index in [1.807, 2.05) is 54.8 Å². The molecule has 1 saturated heterocycles. The first-order chi connectivity index (χ1) is 18.8. The number of nitrogens with zero attached hydrogens (tertiary/aromatic N) is 3. The first kappa shape index (κ1) is 27.3. The first-order valence-corrected chi connectivity index (χ1v) is 13.6. The monoisotopic (exact) mass is 582 g/mol. The van der Waals surface area contributed by atoms with E-state index in [4.69, 9.17) is 44.9 Å². The minimum absolute atomic E-state index is 0.141. The maximum atomic E-state index is 10.7. The van der Waals surface area contributed by atoms with Crippen molar-refractivity contribution in [2.45, 2.75) is 25.9 Å². The number of phenolic OH excluding ortho intramolecular Hbond substituents is 1. The maximum Gasteiger partial charge on any atom is 0.174 e. The number of pyridine rings is 1. The molecule has 39 heavy (non-hydrogen) atoms. The Morgan fingerprint density at radius 1 is 1.05 bits per heavy atom. The molecule has 1 aliphatic rings. The number of hydrogen-bond acceptors (Lipinski definition) is 5. The van der Waals surface area contributed by atoms with E-state index in [-0.39, 0.29) is 17.8 Å². The van der Waals surface area contributed by atoms with Gasteiger partial charge in [0.15, 0.2) is 5.11 Å². The average Bonchev–Trinajstić information content (AvgIpc) is 3.42. The van der Waals surface area contributed by atoms with Crippen molar-refractivity contribution in [3.63, 3.8) is 0 Å². The molecule has 1 fully saturated rings. The van der Waals surface area contributed by atoms with Crippen LogP contribution in [0.1, 0.15) is 34.7 Å². The van der Waals surface area contributed by atoms with E-state index in [0.717, 1.165) is 28.3 Å². The van der Waals surface area contributed by atoms with Crippen LogP contribution in [0.15, 0.2) is 66.9 Å². The molecule has 2 atom stereocenters. The molecule has 10 heteroatoms. The highest BCUT2D eigenvalue weighted by Crippen LogP contribution is 2.45. The Morgan fingerprint density at radius 3 is 2.59 bits per heavy atom. The number of rotatable bonds is 8. The van der Waals surface area contributed by atoms with E-state index in [1.54, 1.807) is 31.5 Å². The predicted molar refractivity (Wildman–Crippen MR) is 159 cm³/mol. The summed E-state index contributed by atoms with van der Waals surface area (Å²) in [5.74, 6) is 0.713. The summed E-state index contributed by atoms with van der Waals surface area (Å²) in [6.07, 6.45) is 1.77. The van der Waals surface area contributed by atoms with Crippen molar-refractivity contribution in [1.29, 1.82) is 0 Å². The number of aromatic hydroxyl groups is 1. The van der Waals surface area contributed by atoms with Crippen LogP contribution >= 0.6 is 35.4 Å². The number of methoxy groups -OCH3 is 1. The maximum absolute atomic E-state index is 10.7. The number of aromatic nitrogens is 2. The molecule has 5 rings (SSSR count). The van der Waals surface area contributed by atoms with Crippen LogP contribution in [0.25, 0.3) is 5.69 Å². The van der Waals surface area contributed by atoms with Crippen molar-refractivity contribution in [1.82, 2.24) is 14.9 Å². The fraction of sp³-hybridized carbons (Fsp3) is 0.241. The largest absolute Gasteiger partial charge is 0.506 e. The SMILES string of the molecule is COCCOc1ccc(N2C(=S)N[C@@H](c3ccccn3)[C@H]2c2cc(C)n(-c3cc(Cl)ccc3O)c2C)cc1Cl. The summed E-state index contributed by atoms with van der Waals surface area (Å²) in [7, 11) is 1.62. The Hall–Kier alpha value is -3.30. The van der Waals surface area contributed by atoms with Gasteiger partial charge < -0.3 is 29.4 Å². The molecular formula is C29H28Cl2N4O3S. The number of thiocarbonyl (C=S) groups is 1. The van der Waals surface area contributed by atoms with Crippen LogP contribution in [0.2, 0.25) is 10.0 Å². The molecule has 1 aliphatic heterocycles. The number of aryl methyl sites for hydroxylation is 1. The lowest BCUT2D eigenvalue weighted by atomic mass is 9.96. The van der Waals surface area contributed by atoms with E-state index in [0.29, 0.717) is 39.8 Å². The fourth-order valence-electron chi connectivity index (χ4n) is 5.07. The molecule has 0 unspecified atom stereocenters. The lowest BCUT2D eigenvalue weighted by Crippen LogP contribution is -2.29. The summed E-state index contributed by atoms with van der Waals surface area (Å²) in [6.45, 7) is 4.88. The van der Waals surface area contributed by atoms with Crippen molar-refractivity contribution in [2.24, 2.45) is 0 Å². The zero-order valence-corrected chi connectivity index (χ0v) is 24.0. The molecule has 0 aliphatic carbocycles. The summed E-state index contributed by atoms with van der Waals surface area (Å²) in [4.78, 5) is 6.70. The van der Waals surface area contributed by atoms with Crippen LogP contribution in [0.5, 0.6) is 11.5 Å². The zero-order chi connectivity index (χ0) is 27.7. The Bertz CT molecular complexity index is 1510. The van der Waals surface area contributed by atoms with Gasteiger partial charge in [0.25, 0.3) is 0 Å². The molecule has 0 amide bonds. The van der Waals surface area contributed by atoms with Crippen molar-refractivity contribution >= 4 is 46.2 Å². The van der Waals surface area contributed by atoms with Gasteiger partial charge in [-0.05, 0) is 86.2 Å². The second kappa shape index (κ2) is 11.4. The second-order valence-corrected chi connectivity index (χ2v) is 10.5. The zero-order valence-electron chi connectivity index (χ0n) is 21.7. The van der Waals surface area contributed by atoms with Gasteiger partial charge in [0.1, 0.15) is 18.1 Å². The molecular weight excluding hydrogens is 555 g/mol. The number of hydrogen-bond donors (Lipinski definition) is 2. The lowest BCUT2D eigenvalue weighted by Gasteiger charge is -2.28. The Balaban J connectivity index is 1.62. The molecule has 0 saturated carbocycles.